The molecule has 128 valence electrons. The zero-order valence-electron chi connectivity index (χ0n) is 13.5. The lowest BCUT2D eigenvalue weighted by atomic mass is 10.1. The maximum absolute atomic E-state index is 11.8. The molecule has 0 radical (unpaired) electrons. The summed E-state index contributed by atoms with van der Waals surface area (Å²) in [7, 11) is -3.33. The molecule has 0 unspecified atom stereocenters. The zero-order chi connectivity index (χ0) is 17.6. The van der Waals surface area contributed by atoms with Crippen molar-refractivity contribution < 1.29 is 13.5 Å². The molecule has 4 rings (SSSR count). The van der Waals surface area contributed by atoms with Crippen molar-refractivity contribution in [3.63, 3.8) is 0 Å². The van der Waals surface area contributed by atoms with Gasteiger partial charge in [0.05, 0.1) is 22.6 Å². The van der Waals surface area contributed by atoms with E-state index in [4.69, 9.17) is 0 Å². The number of hydrogen-bond acceptors (Lipinski definition) is 6. The first-order valence-electron chi connectivity index (χ1n) is 7.91. The number of rotatable bonds is 3. The van der Waals surface area contributed by atoms with Gasteiger partial charge < -0.3 is 10.4 Å². The van der Waals surface area contributed by atoms with E-state index in [0.717, 1.165) is 11.1 Å². The molecule has 0 aliphatic heterocycles. The van der Waals surface area contributed by atoms with Crippen LogP contribution in [0.5, 0.6) is 0 Å². The third-order valence-corrected chi connectivity index (χ3v) is 5.64. The van der Waals surface area contributed by atoms with Gasteiger partial charge in [-0.1, -0.05) is 24.3 Å². The molecule has 3 aromatic rings. The normalized spacial score (nSPS) is 19.8. The molecule has 1 heterocycles. The fourth-order valence-corrected chi connectivity index (χ4v) is 3.92. The number of aliphatic hydroxyl groups excluding tert-OH is 1. The van der Waals surface area contributed by atoms with Crippen molar-refractivity contribution in [3.05, 3.63) is 59.9 Å². The third-order valence-electron chi connectivity index (χ3n) is 4.53. The van der Waals surface area contributed by atoms with E-state index in [1.54, 1.807) is 12.1 Å². The van der Waals surface area contributed by atoms with Crippen molar-refractivity contribution in [3.8, 4) is 0 Å². The molecule has 1 aromatic heterocycles. The number of fused-ring (bicyclic) bond motifs is 2. The molecular formula is C18H17N3O3S. The lowest BCUT2D eigenvalue weighted by Crippen LogP contribution is -2.21. The van der Waals surface area contributed by atoms with Gasteiger partial charge in [-0.25, -0.2) is 18.4 Å². The Bertz CT molecular complexity index is 1070. The largest absolute Gasteiger partial charge is 0.390 e. The highest BCUT2D eigenvalue weighted by atomic mass is 32.2. The van der Waals surface area contributed by atoms with Crippen LogP contribution in [0, 0.1) is 0 Å². The molecule has 0 bridgehead atoms. The van der Waals surface area contributed by atoms with Crippen LogP contribution < -0.4 is 5.32 Å². The minimum absolute atomic E-state index is 0.213. The number of nitrogens with one attached hydrogen (secondary N) is 1. The molecule has 0 saturated heterocycles. The van der Waals surface area contributed by atoms with Crippen molar-refractivity contribution >= 4 is 26.6 Å². The zero-order valence-corrected chi connectivity index (χ0v) is 14.4. The number of nitrogens with zero attached hydrogens (tertiary/aromatic N) is 2. The number of aliphatic hydroxyl groups is 1. The van der Waals surface area contributed by atoms with E-state index in [1.165, 1.54) is 18.6 Å². The van der Waals surface area contributed by atoms with E-state index in [0.29, 0.717) is 23.1 Å². The standard InChI is InChI=1S/C18H17N3O3S/c1-25(23,24)12-6-7-15-14(9-12)18(20-10-19-15)21-17-13-5-3-2-4-11(13)8-16(17)22/h2-7,9-10,16-17,22H,8H2,1H3,(H,19,20,21)/t16-,17+/m1/s1. The molecule has 7 heteroatoms. The van der Waals surface area contributed by atoms with Crippen LogP contribution in [0.3, 0.4) is 0 Å². The summed E-state index contributed by atoms with van der Waals surface area (Å²) >= 11 is 0. The summed E-state index contributed by atoms with van der Waals surface area (Å²) in [6.45, 7) is 0. The third kappa shape index (κ3) is 2.85. The van der Waals surface area contributed by atoms with Gasteiger partial charge in [0.1, 0.15) is 12.1 Å². The highest BCUT2D eigenvalue weighted by Gasteiger charge is 2.31. The van der Waals surface area contributed by atoms with E-state index < -0.39 is 15.9 Å². The van der Waals surface area contributed by atoms with Gasteiger partial charge in [0.25, 0.3) is 0 Å². The number of anilines is 1. The molecule has 6 nitrogen and oxygen atoms in total. The van der Waals surface area contributed by atoms with Gasteiger partial charge in [0.2, 0.25) is 0 Å². The summed E-state index contributed by atoms with van der Waals surface area (Å²) in [5, 5.41) is 14.3. The monoisotopic (exact) mass is 355 g/mol. The van der Waals surface area contributed by atoms with Gasteiger partial charge in [-0.2, -0.15) is 0 Å². The molecule has 0 saturated carbocycles. The Hall–Kier alpha value is -2.51. The van der Waals surface area contributed by atoms with E-state index in [1.807, 2.05) is 24.3 Å². The average Bonchev–Trinajstić information content (AvgIpc) is 2.90. The summed E-state index contributed by atoms with van der Waals surface area (Å²) in [4.78, 5) is 8.68. The number of hydrogen-bond donors (Lipinski definition) is 2. The van der Waals surface area contributed by atoms with Gasteiger partial charge >= 0.3 is 0 Å². The molecular weight excluding hydrogens is 338 g/mol. The predicted octanol–water partition coefficient (Wildman–Crippen LogP) is 2.10. The second kappa shape index (κ2) is 5.79. The summed E-state index contributed by atoms with van der Waals surface area (Å²) in [6.07, 6.45) is 2.60. The molecule has 2 N–H and O–H groups in total. The Morgan fingerprint density at radius 3 is 2.76 bits per heavy atom. The molecule has 25 heavy (non-hydrogen) atoms. The Kier molecular flexibility index (Phi) is 3.70. The van der Waals surface area contributed by atoms with Gasteiger partial charge in [-0.3, -0.25) is 0 Å². The first-order chi connectivity index (χ1) is 11.9. The Balaban J connectivity index is 1.80. The molecule has 2 atom stereocenters. The van der Waals surface area contributed by atoms with Crippen LogP contribution in [0.1, 0.15) is 17.2 Å². The highest BCUT2D eigenvalue weighted by Crippen LogP contribution is 2.35. The summed E-state index contributed by atoms with van der Waals surface area (Å²) in [5.74, 6) is 0.510. The first kappa shape index (κ1) is 16.0. The van der Waals surface area contributed by atoms with Crippen LogP contribution >= 0.6 is 0 Å². The molecule has 2 aromatic carbocycles. The van der Waals surface area contributed by atoms with Gasteiger partial charge in [-0.15, -0.1) is 0 Å². The Morgan fingerprint density at radius 1 is 1.16 bits per heavy atom. The fourth-order valence-electron chi connectivity index (χ4n) is 3.28. The first-order valence-corrected chi connectivity index (χ1v) is 9.80. The van der Waals surface area contributed by atoms with Crippen molar-refractivity contribution in [2.24, 2.45) is 0 Å². The van der Waals surface area contributed by atoms with E-state index in [-0.39, 0.29) is 10.9 Å². The Morgan fingerprint density at radius 2 is 1.96 bits per heavy atom. The van der Waals surface area contributed by atoms with E-state index in [9.17, 15) is 13.5 Å². The lowest BCUT2D eigenvalue weighted by Gasteiger charge is -2.19. The summed E-state index contributed by atoms with van der Waals surface area (Å²) in [5.41, 5.74) is 2.77. The maximum atomic E-state index is 11.8. The van der Waals surface area contributed by atoms with Crippen LogP contribution in [0.4, 0.5) is 5.82 Å². The van der Waals surface area contributed by atoms with Gasteiger partial charge in [0.15, 0.2) is 9.84 Å². The molecule has 0 spiro atoms. The number of aromatic nitrogens is 2. The number of sulfone groups is 1. The maximum Gasteiger partial charge on any atom is 0.175 e. The highest BCUT2D eigenvalue weighted by molar-refractivity contribution is 7.90. The fraction of sp³-hybridized carbons (Fsp3) is 0.222. The summed E-state index contributed by atoms with van der Waals surface area (Å²) in [6, 6.07) is 12.3. The Labute approximate surface area is 145 Å². The molecule has 0 amide bonds. The van der Waals surface area contributed by atoms with Gasteiger partial charge in [0, 0.05) is 18.1 Å². The van der Waals surface area contributed by atoms with Crippen LogP contribution in [0.25, 0.3) is 10.9 Å². The SMILES string of the molecule is CS(=O)(=O)c1ccc2ncnc(N[C@H]3c4ccccc4C[C@H]3O)c2c1. The van der Waals surface area contributed by atoms with Gasteiger partial charge in [-0.05, 0) is 29.3 Å². The van der Waals surface area contributed by atoms with Crippen molar-refractivity contribution in [2.45, 2.75) is 23.5 Å². The van der Waals surface area contributed by atoms with Crippen LogP contribution in [0.15, 0.2) is 53.7 Å². The number of benzene rings is 2. The van der Waals surface area contributed by atoms with Crippen molar-refractivity contribution in [2.75, 3.05) is 11.6 Å². The van der Waals surface area contributed by atoms with Crippen LogP contribution in [0.2, 0.25) is 0 Å². The quantitative estimate of drug-likeness (QED) is 0.747. The molecule has 0 fully saturated rings. The molecule has 1 aliphatic carbocycles. The van der Waals surface area contributed by atoms with Crippen molar-refractivity contribution in [1.29, 1.82) is 0 Å². The van der Waals surface area contributed by atoms with E-state index in [2.05, 4.69) is 15.3 Å². The van der Waals surface area contributed by atoms with E-state index >= 15 is 0 Å². The lowest BCUT2D eigenvalue weighted by molar-refractivity contribution is 0.165. The summed E-state index contributed by atoms with van der Waals surface area (Å²) < 4.78 is 23.7. The molecule has 1 aliphatic rings. The predicted molar refractivity (Wildman–Crippen MR) is 95.2 cm³/mol. The smallest absolute Gasteiger partial charge is 0.175 e. The van der Waals surface area contributed by atoms with Crippen LogP contribution in [-0.4, -0.2) is 35.9 Å². The minimum Gasteiger partial charge on any atom is -0.390 e. The average molecular weight is 355 g/mol. The second-order valence-corrected chi connectivity index (χ2v) is 8.28. The van der Waals surface area contributed by atoms with Crippen LogP contribution in [-0.2, 0) is 16.3 Å². The minimum atomic E-state index is -3.33. The topological polar surface area (TPSA) is 92.2 Å². The second-order valence-electron chi connectivity index (χ2n) is 6.27. The van der Waals surface area contributed by atoms with Crippen molar-refractivity contribution in [1.82, 2.24) is 9.97 Å².